The predicted octanol–water partition coefficient (Wildman–Crippen LogP) is 5.14. The van der Waals surface area contributed by atoms with Crippen molar-refractivity contribution in [1.82, 2.24) is 20.7 Å². The summed E-state index contributed by atoms with van der Waals surface area (Å²) in [5, 5.41) is 6.69. The highest BCUT2D eigenvalue weighted by Crippen LogP contribution is 2.29. The number of ether oxygens (including phenoxy) is 3. The zero-order valence-electron chi connectivity index (χ0n) is 22.4. The number of carbonyl (C=O) groups excluding carboxylic acids is 2. The number of H-pyrrole nitrogens is 1. The van der Waals surface area contributed by atoms with Crippen LogP contribution in [0.15, 0.2) is 94.9 Å². The highest BCUT2D eigenvalue weighted by atomic mass is 79.9. The van der Waals surface area contributed by atoms with Gasteiger partial charge in [-0.05, 0) is 53.9 Å². The van der Waals surface area contributed by atoms with Gasteiger partial charge in [0.2, 0.25) is 0 Å². The molecule has 0 saturated carbocycles. The van der Waals surface area contributed by atoms with E-state index in [0.29, 0.717) is 36.0 Å². The minimum absolute atomic E-state index is 0.0776. The van der Waals surface area contributed by atoms with Gasteiger partial charge in [-0.2, -0.15) is 5.10 Å². The second-order valence-corrected chi connectivity index (χ2v) is 9.74. The Bertz CT molecular complexity index is 1430. The third-order valence-electron chi connectivity index (χ3n) is 5.76. The average molecular weight is 621 g/mol. The summed E-state index contributed by atoms with van der Waals surface area (Å²) < 4.78 is 18.0. The van der Waals surface area contributed by atoms with Crippen LogP contribution in [-0.2, 0) is 29.2 Å². The van der Waals surface area contributed by atoms with E-state index in [1.54, 1.807) is 24.4 Å². The van der Waals surface area contributed by atoms with E-state index in [1.165, 1.54) is 12.5 Å². The van der Waals surface area contributed by atoms with Crippen molar-refractivity contribution in [2.45, 2.75) is 32.6 Å². The first-order valence-corrected chi connectivity index (χ1v) is 13.7. The van der Waals surface area contributed by atoms with E-state index in [2.05, 4.69) is 41.7 Å². The van der Waals surface area contributed by atoms with Gasteiger partial charge in [-0.3, -0.25) is 4.79 Å². The van der Waals surface area contributed by atoms with E-state index < -0.39 is 18.0 Å². The number of benzene rings is 3. The number of rotatable bonds is 13. The average Bonchev–Trinajstić information content (AvgIpc) is 3.50. The number of hydrogen-bond acceptors (Lipinski definition) is 7. The molecule has 11 heteroatoms. The Labute approximate surface area is 246 Å². The zero-order chi connectivity index (χ0) is 28.9. The van der Waals surface area contributed by atoms with Crippen molar-refractivity contribution in [1.29, 1.82) is 0 Å². The van der Waals surface area contributed by atoms with Crippen molar-refractivity contribution >= 4 is 34.1 Å². The normalized spacial score (nSPS) is 11.6. The Balaban J connectivity index is 1.36. The van der Waals surface area contributed by atoms with Crippen molar-refractivity contribution < 1.29 is 23.8 Å². The topological polar surface area (TPSA) is 127 Å². The molecule has 0 unspecified atom stereocenters. The van der Waals surface area contributed by atoms with Crippen molar-refractivity contribution in [2.75, 3.05) is 6.61 Å². The van der Waals surface area contributed by atoms with Crippen molar-refractivity contribution in [2.24, 2.45) is 5.10 Å². The van der Waals surface area contributed by atoms with Crippen LogP contribution in [0.5, 0.6) is 11.5 Å². The first-order valence-electron chi connectivity index (χ1n) is 12.9. The number of carbonyl (C=O) groups is 2. The van der Waals surface area contributed by atoms with E-state index in [0.717, 1.165) is 15.6 Å². The Hall–Kier alpha value is -4.64. The van der Waals surface area contributed by atoms with Gasteiger partial charge in [0, 0.05) is 22.8 Å². The summed E-state index contributed by atoms with van der Waals surface area (Å²) in [5.74, 6) is 0.626. The molecular weight excluding hydrogens is 590 g/mol. The molecule has 0 spiro atoms. The number of nitrogens with zero attached hydrogens (tertiary/aromatic N) is 2. The minimum Gasteiger partial charge on any atom is -0.490 e. The fourth-order valence-corrected chi connectivity index (χ4v) is 3.98. The van der Waals surface area contributed by atoms with E-state index in [1.807, 2.05) is 61.5 Å². The minimum atomic E-state index is -0.954. The standard InChI is InChI=1S/C30H30BrN5O5/c1-2-39-28-14-23(10-13-27(28)40-18-22-8-11-24(31)12-9-22)16-34-36-29(37)26(15-25-17-32-20-33-25)35-30(38)41-19-21-6-4-3-5-7-21/h3-14,16-17,20,26H,2,15,18-19H2,1H3,(H,32,33)(H,35,38)(H,36,37)/b34-16-/t26-/m1/s1. The number of alkyl carbamates (subject to hydrolysis) is 1. The maximum Gasteiger partial charge on any atom is 0.408 e. The fourth-order valence-electron chi connectivity index (χ4n) is 3.72. The third kappa shape index (κ3) is 9.50. The molecule has 0 saturated heterocycles. The second kappa shape index (κ2) is 15.2. The first-order chi connectivity index (χ1) is 20.0. The van der Waals surface area contributed by atoms with Gasteiger partial charge < -0.3 is 24.5 Å². The number of aromatic nitrogens is 2. The summed E-state index contributed by atoms with van der Waals surface area (Å²) in [7, 11) is 0. The summed E-state index contributed by atoms with van der Waals surface area (Å²) in [6.45, 7) is 2.80. The summed E-state index contributed by atoms with van der Waals surface area (Å²) >= 11 is 3.43. The highest BCUT2D eigenvalue weighted by molar-refractivity contribution is 9.10. The van der Waals surface area contributed by atoms with Crippen LogP contribution in [0.1, 0.15) is 29.3 Å². The summed E-state index contributed by atoms with van der Waals surface area (Å²) in [6.07, 6.45) is 4.01. The molecule has 10 nitrogen and oxygen atoms in total. The lowest BCUT2D eigenvalue weighted by Gasteiger charge is -2.16. The largest absolute Gasteiger partial charge is 0.490 e. The quantitative estimate of drug-likeness (QED) is 0.140. The molecule has 3 N–H and O–H groups in total. The molecule has 41 heavy (non-hydrogen) atoms. The molecule has 1 aromatic heterocycles. The van der Waals surface area contributed by atoms with Gasteiger partial charge in [-0.1, -0.05) is 58.4 Å². The monoisotopic (exact) mass is 619 g/mol. The molecule has 0 aliphatic rings. The second-order valence-electron chi connectivity index (χ2n) is 8.83. The lowest BCUT2D eigenvalue weighted by atomic mass is 10.1. The Morgan fingerprint density at radius 1 is 1.00 bits per heavy atom. The number of imidazole rings is 1. The van der Waals surface area contributed by atoms with Gasteiger partial charge in [-0.15, -0.1) is 0 Å². The summed E-state index contributed by atoms with van der Waals surface area (Å²) in [5.41, 5.74) is 5.69. The molecular formula is C30H30BrN5O5. The van der Waals surface area contributed by atoms with Gasteiger partial charge in [0.25, 0.3) is 5.91 Å². The molecule has 4 aromatic rings. The van der Waals surface area contributed by atoms with Gasteiger partial charge in [-0.25, -0.2) is 15.2 Å². The van der Waals surface area contributed by atoms with Crippen LogP contribution in [0.4, 0.5) is 4.79 Å². The smallest absolute Gasteiger partial charge is 0.408 e. The Morgan fingerprint density at radius 3 is 2.51 bits per heavy atom. The van der Waals surface area contributed by atoms with E-state index in [9.17, 15) is 9.59 Å². The van der Waals surface area contributed by atoms with Crippen molar-refractivity contribution in [3.63, 3.8) is 0 Å². The molecule has 1 atom stereocenters. The fraction of sp³-hybridized carbons (Fsp3) is 0.200. The first kappa shape index (κ1) is 29.3. The van der Waals surface area contributed by atoms with E-state index >= 15 is 0 Å². The van der Waals surface area contributed by atoms with Crippen LogP contribution in [0.2, 0.25) is 0 Å². The number of halogens is 1. The summed E-state index contributed by atoms with van der Waals surface area (Å²) in [4.78, 5) is 32.3. The van der Waals surface area contributed by atoms with E-state index in [4.69, 9.17) is 14.2 Å². The molecule has 4 rings (SSSR count). The van der Waals surface area contributed by atoms with Gasteiger partial charge in [0.15, 0.2) is 11.5 Å². The van der Waals surface area contributed by atoms with Crippen molar-refractivity contribution in [3.05, 3.63) is 112 Å². The SMILES string of the molecule is CCOc1cc(/C=N\NC(=O)[C@@H](Cc2cnc[nH]2)NC(=O)OCc2ccccc2)ccc1OCc1ccc(Br)cc1. The molecule has 2 amide bonds. The maximum absolute atomic E-state index is 13.0. The molecule has 0 radical (unpaired) electrons. The molecule has 0 bridgehead atoms. The zero-order valence-corrected chi connectivity index (χ0v) is 24.0. The number of aromatic amines is 1. The van der Waals surface area contributed by atoms with Crippen LogP contribution in [-0.4, -0.2) is 40.8 Å². The van der Waals surface area contributed by atoms with Gasteiger partial charge in [0.1, 0.15) is 19.3 Å². The maximum atomic E-state index is 13.0. The number of nitrogens with one attached hydrogen (secondary N) is 3. The molecule has 0 fully saturated rings. The number of hydrogen-bond donors (Lipinski definition) is 3. The van der Waals surface area contributed by atoms with Crippen LogP contribution in [0.3, 0.4) is 0 Å². The Morgan fingerprint density at radius 2 is 1.78 bits per heavy atom. The molecule has 212 valence electrons. The summed E-state index contributed by atoms with van der Waals surface area (Å²) in [6, 6.07) is 21.5. The van der Waals surface area contributed by atoms with Crippen LogP contribution >= 0.6 is 15.9 Å². The molecule has 0 aliphatic carbocycles. The van der Waals surface area contributed by atoms with E-state index in [-0.39, 0.29) is 13.0 Å². The van der Waals surface area contributed by atoms with Crippen LogP contribution < -0.4 is 20.2 Å². The third-order valence-corrected chi connectivity index (χ3v) is 6.29. The lowest BCUT2D eigenvalue weighted by Crippen LogP contribution is -2.47. The molecule has 1 heterocycles. The van der Waals surface area contributed by atoms with Gasteiger partial charge >= 0.3 is 6.09 Å². The lowest BCUT2D eigenvalue weighted by molar-refractivity contribution is -0.123. The number of hydrazone groups is 1. The number of amides is 2. The van der Waals surface area contributed by atoms with Crippen LogP contribution in [0.25, 0.3) is 0 Å². The Kier molecular flexibility index (Phi) is 10.9. The molecule has 3 aromatic carbocycles. The predicted molar refractivity (Wildman–Crippen MR) is 158 cm³/mol. The highest BCUT2D eigenvalue weighted by Gasteiger charge is 2.22. The molecule has 0 aliphatic heterocycles. The van der Waals surface area contributed by atoms with Crippen LogP contribution in [0, 0.1) is 0 Å². The van der Waals surface area contributed by atoms with Crippen molar-refractivity contribution in [3.8, 4) is 11.5 Å². The van der Waals surface area contributed by atoms with Gasteiger partial charge in [0.05, 0.1) is 19.1 Å².